The summed E-state index contributed by atoms with van der Waals surface area (Å²) in [5, 5.41) is 4.44. The lowest BCUT2D eigenvalue weighted by molar-refractivity contribution is -0.139. The number of furan rings is 1. The van der Waals surface area contributed by atoms with Crippen molar-refractivity contribution in [3.05, 3.63) is 34.2 Å². The molecule has 128 valence electrons. The molecule has 2 heterocycles. The van der Waals surface area contributed by atoms with E-state index in [0.29, 0.717) is 22.3 Å². The number of rotatable bonds is 6. The van der Waals surface area contributed by atoms with E-state index < -0.39 is 24.5 Å². The fourth-order valence-electron chi connectivity index (χ4n) is 1.86. The van der Waals surface area contributed by atoms with Crippen LogP contribution < -0.4 is 5.32 Å². The molecule has 2 aromatic rings. The van der Waals surface area contributed by atoms with Crippen molar-refractivity contribution in [1.29, 1.82) is 0 Å². The highest BCUT2D eigenvalue weighted by atomic mass is 32.1. The number of methoxy groups -OCH3 is 1. The van der Waals surface area contributed by atoms with E-state index in [-0.39, 0.29) is 12.0 Å². The zero-order valence-electron chi connectivity index (χ0n) is 13.4. The third-order valence-corrected chi connectivity index (χ3v) is 3.75. The van der Waals surface area contributed by atoms with Crippen molar-refractivity contribution in [2.75, 3.05) is 19.0 Å². The molecule has 8 nitrogen and oxygen atoms in total. The number of esters is 2. The van der Waals surface area contributed by atoms with Gasteiger partial charge in [-0.1, -0.05) is 0 Å². The molecule has 0 unspecified atom stereocenters. The Hall–Kier alpha value is -2.68. The highest BCUT2D eigenvalue weighted by Crippen LogP contribution is 2.17. The van der Waals surface area contributed by atoms with E-state index in [1.165, 1.54) is 7.11 Å². The molecule has 1 N–H and O–H groups in total. The topological polar surface area (TPSA) is 108 Å². The first-order valence-corrected chi connectivity index (χ1v) is 7.82. The minimum absolute atomic E-state index is 0.0248. The Morgan fingerprint density at radius 3 is 2.71 bits per heavy atom. The van der Waals surface area contributed by atoms with E-state index in [1.54, 1.807) is 25.3 Å². The molecule has 0 aliphatic carbocycles. The van der Waals surface area contributed by atoms with Gasteiger partial charge in [-0.3, -0.25) is 14.9 Å². The van der Waals surface area contributed by atoms with Gasteiger partial charge in [0.1, 0.15) is 17.1 Å². The lowest BCUT2D eigenvalue weighted by atomic mass is 10.2. The summed E-state index contributed by atoms with van der Waals surface area (Å²) in [6, 6.07) is 1.55. The van der Waals surface area contributed by atoms with Gasteiger partial charge in [0.2, 0.25) is 0 Å². The van der Waals surface area contributed by atoms with Crippen molar-refractivity contribution in [2.45, 2.75) is 20.3 Å². The SMILES string of the molecule is COC(=O)Cc1csc(NC(=O)COC(=O)c2cc(C)oc2C)n1. The fraction of sp³-hybridized carbons (Fsp3) is 0.333. The highest BCUT2D eigenvalue weighted by molar-refractivity contribution is 7.13. The van der Waals surface area contributed by atoms with Crippen LogP contribution in [0.3, 0.4) is 0 Å². The number of carbonyl (C=O) groups excluding carboxylic acids is 3. The number of ether oxygens (including phenoxy) is 2. The zero-order chi connectivity index (χ0) is 17.7. The Bertz CT molecular complexity index is 764. The third kappa shape index (κ3) is 4.66. The Labute approximate surface area is 141 Å². The molecule has 9 heteroatoms. The number of amides is 1. The first-order valence-electron chi connectivity index (χ1n) is 6.94. The molecule has 0 fully saturated rings. The minimum Gasteiger partial charge on any atom is -0.469 e. The summed E-state index contributed by atoms with van der Waals surface area (Å²) in [7, 11) is 1.29. The third-order valence-electron chi connectivity index (χ3n) is 2.95. The van der Waals surface area contributed by atoms with Crippen molar-refractivity contribution in [2.24, 2.45) is 0 Å². The second kappa shape index (κ2) is 7.73. The molecule has 1 amide bonds. The van der Waals surface area contributed by atoms with Gasteiger partial charge in [0.05, 0.1) is 19.2 Å². The number of hydrogen-bond donors (Lipinski definition) is 1. The monoisotopic (exact) mass is 352 g/mol. The van der Waals surface area contributed by atoms with Crippen LogP contribution in [-0.2, 0) is 25.5 Å². The number of thiazole rings is 1. The van der Waals surface area contributed by atoms with E-state index >= 15 is 0 Å². The van der Waals surface area contributed by atoms with E-state index in [2.05, 4.69) is 15.0 Å². The predicted molar refractivity (Wildman–Crippen MR) is 84.9 cm³/mol. The van der Waals surface area contributed by atoms with Crippen LogP contribution in [0.2, 0.25) is 0 Å². The molecule has 0 saturated carbocycles. The summed E-state index contributed by atoms with van der Waals surface area (Å²) in [6.45, 7) is 2.90. The van der Waals surface area contributed by atoms with Crippen molar-refractivity contribution in [1.82, 2.24) is 4.98 Å². The first kappa shape index (κ1) is 17.7. The molecule has 0 aromatic carbocycles. The molecule has 0 aliphatic heterocycles. The van der Waals surface area contributed by atoms with E-state index in [9.17, 15) is 14.4 Å². The van der Waals surface area contributed by atoms with Gasteiger partial charge < -0.3 is 13.9 Å². The van der Waals surface area contributed by atoms with Gasteiger partial charge >= 0.3 is 11.9 Å². The lowest BCUT2D eigenvalue weighted by Crippen LogP contribution is -2.21. The normalized spacial score (nSPS) is 10.3. The average Bonchev–Trinajstić information content (AvgIpc) is 3.10. The van der Waals surface area contributed by atoms with Gasteiger partial charge in [0.15, 0.2) is 11.7 Å². The average molecular weight is 352 g/mol. The predicted octanol–water partition coefficient (Wildman–Crippen LogP) is 1.86. The summed E-state index contributed by atoms with van der Waals surface area (Å²) < 4.78 is 14.7. The van der Waals surface area contributed by atoms with Crippen LogP contribution >= 0.6 is 11.3 Å². The maximum atomic E-state index is 11.9. The van der Waals surface area contributed by atoms with E-state index in [0.717, 1.165) is 11.3 Å². The maximum Gasteiger partial charge on any atom is 0.342 e. The summed E-state index contributed by atoms with van der Waals surface area (Å²) in [5.74, 6) is -0.557. The highest BCUT2D eigenvalue weighted by Gasteiger charge is 2.17. The van der Waals surface area contributed by atoms with E-state index in [1.807, 2.05) is 0 Å². The summed E-state index contributed by atoms with van der Waals surface area (Å²) in [4.78, 5) is 38.9. The Morgan fingerprint density at radius 1 is 1.33 bits per heavy atom. The number of aryl methyl sites for hydroxylation is 2. The van der Waals surface area contributed by atoms with Crippen LogP contribution in [-0.4, -0.2) is 36.5 Å². The van der Waals surface area contributed by atoms with Gasteiger partial charge in [-0.2, -0.15) is 0 Å². The van der Waals surface area contributed by atoms with Crippen LogP contribution in [0, 0.1) is 13.8 Å². The number of anilines is 1. The summed E-state index contributed by atoms with van der Waals surface area (Å²) in [5.41, 5.74) is 0.776. The smallest absolute Gasteiger partial charge is 0.342 e. The van der Waals surface area contributed by atoms with Crippen molar-refractivity contribution >= 4 is 34.3 Å². The second-order valence-electron chi connectivity index (χ2n) is 4.85. The van der Waals surface area contributed by atoms with Crippen LogP contribution in [0.25, 0.3) is 0 Å². The fourth-order valence-corrected chi connectivity index (χ4v) is 2.59. The lowest BCUT2D eigenvalue weighted by Gasteiger charge is -2.03. The quantitative estimate of drug-likeness (QED) is 0.791. The molecule has 0 bridgehead atoms. The first-order chi connectivity index (χ1) is 11.4. The number of nitrogens with one attached hydrogen (secondary N) is 1. The number of hydrogen-bond acceptors (Lipinski definition) is 8. The second-order valence-corrected chi connectivity index (χ2v) is 5.71. The molecule has 0 radical (unpaired) electrons. The van der Waals surface area contributed by atoms with Crippen LogP contribution in [0.5, 0.6) is 0 Å². The van der Waals surface area contributed by atoms with Crippen molar-refractivity contribution in [3.63, 3.8) is 0 Å². The standard InChI is InChI=1S/C15H16N2O6S/c1-8-4-11(9(2)23-8)14(20)22-6-12(18)17-15-16-10(7-24-15)5-13(19)21-3/h4,7H,5-6H2,1-3H3,(H,16,17,18). The molecular weight excluding hydrogens is 336 g/mol. The molecule has 0 aliphatic rings. The molecular formula is C15H16N2O6S. The number of aromatic nitrogens is 1. The van der Waals surface area contributed by atoms with Crippen LogP contribution in [0.1, 0.15) is 27.6 Å². The molecule has 24 heavy (non-hydrogen) atoms. The molecule has 0 spiro atoms. The maximum absolute atomic E-state index is 11.9. The van der Waals surface area contributed by atoms with Crippen molar-refractivity contribution < 1.29 is 28.3 Å². The number of carbonyl (C=O) groups is 3. The summed E-state index contributed by atoms with van der Waals surface area (Å²) in [6.07, 6.45) is 0.0248. The van der Waals surface area contributed by atoms with Crippen LogP contribution in [0.15, 0.2) is 15.9 Å². The molecule has 2 aromatic heterocycles. The van der Waals surface area contributed by atoms with Gasteiger partial charge in [-0.05, 0) is 19.9 Å². The van der Waals surface area contributed by atoms with Gasteiger partial charge in [-0.15, -0.1) is 11.3 Å². The molecule has 2 rings (SSSR count). The van der Waals surface area contributed by atoms with Crippen LogP contribution in [0.4, 0.5) is 5.13 Å². The Kier molecular flexibility index (Phi) is 5.69. The van der Waals surface area contributed by atoms with Crippen molar-refractivity contribution in [3.8, 4) is 0 Å². The largest absolute Gasteiger partial charge is 0.469 e. The Balaban J connectivity index is 1.84. The van der Waals surface area contributed by atoms with E-state index in [4.69, 9.17) is 9.15 Å². The molecule has 0 saturated heterocycles. The zero-order valence-corrected chi connectivity index (χ0v) is 14.2. The Morgan fingerprint density at radius 2 is 2.08 bits per heavy atom. The summed E-state index contributed by atoms with van der Waals surface area (Å²) >= 11 is 1.16. The van der Waals surface area contributed by atoms with Gasteiger partial charge in [0, 0.05) is 5.38 Å². The minimum atomic E-state index is -0.634. The molecule has 0 atom stereocenters. The van der Waals surface area contributed by atoms with Gasteiger partial charge in [0.25, 0.3) is 5.91 Å². The van der Waals surface area contributed by atoms with Gasteiger partial charge in [-0.25, -0.2) is 9.78 Å². The number of nitrogens with zero attached hydrogens (tertiary/aromatic N) is 1.